The van der Waals surface area contributed by atoms with E-state index in [1.807, 2.05) is 30.3 Å². The number of carbonyl (C=O) groups excluding carboxylic acids is 1. The largest absolute Gasteiger partial charge is 0.494 e. The van der Waals surface area contributed by atoms with Crippen molar-refractivity contribution in [1.29, 1.82) is 0 Å². The number of fused-ring (bicyclic) bond motifs is 3. The van der Waals surface area contributed by atoms with Crippen molar-refractivity contribution in [1.82, 2.24) is 0 Å². The van der Waals surface area contributed by atoms with Crippen LogP contribution in [0.15, 0.2) is 118 Å². The number of hydrogen-bond acceptors (Lipinski definition) is 3. The zero-order chi connectivity index (χ0) is 29.8. The van der Waals surface area contributed by atoms with Gasteiger partial charge < -0.3 is 9.47 Å². The zero-order valence-electron chi connectivity index (χ0n) is 21.7. The SMILES string of the molecule is COc1c(Br)cc(C2(c3cc(Br)c(OC(=O)c4ccccc4)c(Br)c3)c3cc(Br)ccc3-c3ccc(Br)cc32)cc1Br. The van der Waals surface area contributed by atoms with Gasteiger partial charge in [-0.15, -0.1) is 0 Å². The van der Waals surface area contributed by atoms with E-state index in [2.05, 4.69) is 144 Å². The maximum absolute atomic E-state index is 13.0. The average Bonchev–Trinajstić information content (AvgIpc) is 3.24. The number of rotatable bonds is 5. The molecule has 0 spiro atoms. The van der Waals surface area contributed by atoms with Gasteiger partial charge in [0.25, 0.3) is 0 Å². The molecule has 0 fully saturated rings. The van der Waals surface area contributed by atoms with Crippen molar-refractivity contribution in [3.05, 3.63) is 146 Å². The van der Waals surface area contributed by atoms with Crippen molar-refractivity contribution >= 4 is 102 Å². The quantitative estimate of drug-likeness (QED) is 0.128. The Balaban J connectivity index is 1.65. The van der Waals surface area contributed by atoms with E-state index >= 15 is 0 Å². The molecule has 5 aromatic rings. The molecule has 0 amide bonds. The van der Waals surface area contributed by atoms with Crippen LogP contribution in [0.2, 0.25) is 0 Å². The summed E-state index contributed by atoms with van der Waals surface area (Å²) in [6.07, 6.45) is 0. The van der Waals surface area contributed by atoms with Crippen LogP contribution >= 0.6 is 95.6 Å². The summed E-state index contributed by atoms with van der Waals surface area (Å²) in [5.74, 6) is 0.676. The van der Waals surface area contributed by atoms with Gasteiger partial charge in [-0.25, -0.2) is 4.79 Å². The number of methoxy groups -OCH3 is 1. The van der Waals surface area contributed by atoms with E-state index in [0.29, 0.717) is 26.0 Å². The van der Waals surface area contributed by atoms with Crippen molar-refractivity contribution < 1.29 is 14.3 Å². The number of benzene rings is 5. The fraction of sp³-hybridized carbons (Fsp3) is 0.0606. The second-order valence-corrected chi connectivity index (χ2v) is 14.9. The Hall–Kier alpha value is -1.75. The summed E-state index contributed by atoms with van der Waals surface area (Å²) in [5.41, 5.74) is 6.21. The molecule has 0 bridgehead atoms. The standard InChI is InChI=1S/C33H18Br6O3/c1-41-30-26(36)11-18(12-27(30)37)33(24-15-20(34)7-9-22(24)23-10-8-21(35)16-25(23)33)19-13-28(38)31(29(39)14-19)42-32(40)17-5-3-2-4-6-17/h2-16H,1H3. The molecule has 0 radical (unpaired) electrons. The highest BCUT2D eigenvalue weighted by molar-refractivity contribution is 9.11. The third kappa shape index (κ3) is 5.08. The molecule has 42 heavy (non-hydrogen) atoms. The second-order valence-electron chi connectivity index (χ2n) is 9.63. The Morgan fingerprint density at radius 3 is 1.50 bits per heavy atom. The molecule has 0 aliphatic heterocycles. The molecular weight excluding hydrogens is 924 g/mol. The molecule has 0 aromatic heterocycles. The van der Waals surface area contributed by atoms with E-state index < -0.39 is 11.4 Å². The molecule has 1 aliphatic carbocycles. The normalized spacial score (nSPS) is 12.9. The summed E-state index contributed by atoms with van der Waals surface area (Å²) in [6, 6.07) is 30.0. The van der Waals surface area contributed by atoms with Gasteiger partial charge in [0.15, 0.2) is 5.75 Å². The van der Waals surface area contributed by atoms with Gasteiger partial charge in [-0.1, -0.05) is 62.2 Å². The lowest BCUT2D eigenvalue weighted by Gasteiger charge is -2.35. The molecule has 0 saturated heterocycles. The Bertz CT molecular complexity index is 1790. The van der Waals surface area contributed by atoms with Crippen molar-refractivity contribution in [2.75, 3.05) is 7.11 Å². The molecule has 3 nitrogen and oxygen atoms in total. The fourth-order valence-electron chi connectivity index (χ4n) is 5.63. The summed E-state index contributed by atoms with van der Waals surface area (Å²) in [7, 11) is 1.65. The van der Waals surface area contributed by atoms with Crippen LogP contribution in [0.4, 0.5) is 0 Å². The number of carbonyl (C=O) groups is 1. The highest BCUT2D eigenvalue weighted by Crippen LogP contribution is 2.59. The van der Waals surface area contributed by atoms with Gasteiger partial charge in [-0.2, -0.15) is 0 Å². The summed E-state index contributed by atoms with van der Waals surface area (Å²) in [4.78, 5) is 13.0. The summed E-state index contributed by atoms with van der Waals surface area (Å²) < 4.78 is 16.4. The Morgan fingerprint density at radius 1 is 0.595 bits per heavy atom. The van der Waals surface area contributed by atoms with Gasteiger partial charge in [0.1, 0.15) is 5.75 Å². The maximum Gasteiger partial charge on any atom is 0.343 e. The van der Waals surface area contributed by atoms with Crippen LogP contribution in [0, 0.1) is 0 Å². The molecule has 0 N–H and O–H groups in total. The number of esters is 1. The maximum atomic E-state index is 13.0. The molecule has 0 unspecified atom stereocenters. The summed E-state index contributed by atoms with van der Waals surface area (Å²) >= 11 is 22.5. The summed E-state index contributed by atoms with van der Waals surface area (Å²) in [6.45, 7) is 0. The highest BCUT2D eigenvalue weighted by Gasteiger charge is 2.47. The van der Waals surface area contributed by atoms with Gasteiger partial charge >= 0.3 is 5.97 Å². The fourth-order valence-corrected chi connectivity index (χ4v) is 9.21. The zero-order valence-corrected chi connectivity index (χ0v) is 31.2. The van der Waals surface area contributed by atoms with Crippen LogP contribution in [-0.4, -0.2) is 13.1 Å². The molecular formula is C33H18Br6O3. The minimum absolute atomic E-state index is 0.404. The minimum atomic E-state index is -0.747. The van der Waals surface area contributed by atoms with Gasteiger partial charge in [0, 0.05) is 8.95 Å². The van der Waals surface area contributed by atoms with Gasteiger partial charge in [-0.3, -0.25) is 0 Å². The first-order valence-corrected chi connectivity index (χ1v) is 17.3. The third-order valence-corrected chi connectivity index (χ3v) is 10.7. The first-order valence-electron chi connectivity index (χ1n) is 12.6. The number of hydrogen-bond donors (Lipinski definition) is 0. The van der Waals surface area contributed by atoms with Crippen LogP contribution in [0.1, 0.15) is 32.6 Å². The van der Waals surface area contributed by atoms with E-state index in [0.717, 1.165) is 51.3 Å². The molecule has 210 valence electrons. The first kappa shape index (κ1) is 30.3. The van der Waals surface area contributed by atoms with Gasteiger partial charge in [0.05, 0.1) is 36.0 Å². The number of halogens is 6. The van der Waals surface area contributed by atoms with Crippen molar-refractivity contribution in [2.24, 2.45) is 0 Å². The Kier molecular flexibility index (Phi) is 8.63. The summed E-state index contributed by atoms with van der Waals surface area (Å²) in [5, 5.41) is 0. The van der Waals surface area contributed by atoms with E-state index in [1.165, 1.54) is 0 Å². The number of ether oxygens (including phenoxy) is 2. The van der Waals surface area contributed by atoms with Gasteiger partial charge in [0.2, 0.25) is 0 Å². The van der Waals surface area contributed by atoms with E-state index in [-0.39, 0.29) is 0 Å². The molecule has 1 aliphatic rings. The lowest BCUT2D eigenvalue weighted by molar-refractivity contribution is 0.0732. The van der Waals surface area contributed by atoms with Crippen LogP contribution in [0.3, 0.4) is 0 Å². The topological polar surface area (TPSA) is 35.5 Å². The van der Waals surface area contributed by atoms with Crippen LogP contribution in [0.25, 0.3) is 11.1 Å². The van der Waals surface area contributed by atoms with Crippen LogP contribution in [-0.2, 0) is 5.41 Å². The van der Waals surface area contributed by atoms with Crippen molar-refractivity contribution in [2.45, 2.75) is 5.41 Å². The van der Waals surface area contributed by atoms with E-state index in [4.69, 9.17) is 9.47 Å². The van der Waals surface area contributed by atoms with E-state index in [9.17, 15) is 4.79 Å². The lowest BCUT2D eigenvalue weighted by Crippen LogP contribution is -2.29. The lowest BCUT2D eigenvalue weighted by atomic mass is 9.67. The first-order chi connectivity index (χ1) is 20.1. The molecule has 0 atom stereocenters. The molecule has 0 saturated carbocycles. The smallest absolute Gasteiger partial charge is 0.343 e. The van der Waals surface area contributed by atoms with Crippen LogP contribution in [0.5, 0.6) is 11.5 Å². The monoisotopic (exact) mass is 936 g/mol. The highest BCUT2D eigenvalue weighted by atomic mass is 79.9. The Labute approximate surface area is 293 Å². The third-order valence-electron chi connectivity index (χ3n) is 7.33. The minimum Gasteiger partial charge on any atom is -0.494 e. The van der Waals surface area contributed by atoms with Gasteiger partial charge in [-0.05, 0) is 158 Å². The molecule has 5 aromatic carbocycles. The van der Waals surface area contributed by atoms with E-state index in [1.54, 1.807) is 19.2 Å². The predicted octanol–water partition coefficient (Wildman–Crippen LogP) is 11.9. The Morgan fingerprint density at radius 2 is 1.05 bits per heavy atom. The second kappa shape index (κ2) is 12.0. The molecule has 0 heterocycles. The van der Waals surface area contributed by atoms with Crippen LogP contribution < -0.4 is 9.47 Å². The van der Waals surface area contributed by atoms with Crippen molar-refractivity contribution in [3.8, 4) is 22.6 Å². The molecule has 9 heteroatoms. The molecule has 6 rings (SSSR count). The van der Waals surface area contributed by atoms with Crippen molar-refractivity contribution in [3.63, 3.8) is 0 Å². The average molecular weight is 942 g/mol. The predicted molar refractivity (Wildman–Crippen MR) is 188 cm³/mol.